The van der Waals surface area contributed by atoms with Gasteiger partial charge in [0.05, 0.1) is 11.1 Å². The number of allylic oxidation sites excluding steroid dienone is 1. The number of aromatic amines is 1. The third kappa shape index (κ3) is 2.66. The van der Waals surface area contributed by atoms with Gasteiger partial charge in [-0.1, -0.05) is 5.57 Å². The topological polar surface area (TPSA) is 98.0 Å². The Hall–Kier alpha value is -2.18. The van der Waals surface area contributed by atoms with Crippen LogP contribution in [0.1, 0.15) is 13.3 Å². The van der Waals surface area contributed by atoms with Crippen molar-refractivity contribution in [2.75, 3.05) is 0 Å². The Morgan fingerprint density at radius 3 is 2.75 bits per heavy atom. The quantitative estimate of drug-likeness (QED) is 0.455. The summed E-state index contributed by atoms with van der Waals surface area (Å²) < 4.78 is 1.09. The number of hydrogen-bond donors (Lipinski definition) is 1. The van der Waals surface area contributed by atoms with Gasteiger partial charge >= 0.3 is 16.9 Å². The third-order valence-corrected chi connectivity index (χ3v) is 1.97. The molecule has 1 heterocycles. The molecule has 0 atom stereocenters. The van der Waals surface area contributed by atoms with Crippen molar-refractivity contribution in [3.8, 4) is 0 Å². The number of nitro groups is 1. The largest absolute Gasteiger partial charge is 0.350 e. The lowest BCUT2D eigenvalue weighted by atomic mass is 10.2. The standard InChI is InChI=1S/C9H11N3O4/c1-6(2)3-4-11-5-7(12(15)16)8(13)10-9(11)14/h5H,1,3-4H2,2H3,(H,10,13,14). The molecule has 0 aromatic carbocycles. The van der Waals surface area contributed by atoms with E-state index in [0.29, 0.717) is 6.42 Å². The van der Waals surface area contributed by atoms with E-state index in [1.165, 1.54) is 0 Å². The van der Waals surface area contributed by atoms with Gasteiger partial charge in [0.25, 0.3) is 0 Å². The lowest BCUT2D eigenvalue weighted by Gasteiger charge is -2.03. The fourth-order valence-electron chi connectivity index (χ4n) is 1.11. The van der Waals surface area contributed by atoms with Crippen molar-refractivity contribution < 1.29 is 4.92 Å². The second-order valence-corrected chi connectivity index (χ2v) is 3.43. The normalized spacial score (nSPS) is 10.1. The van der Waals surface area contributed by atoms with Crippen LogP contribution >= 0.6 is 0 Å². The maximum atomic E-state index is 11.3. The highest BCUT2D eigenvalue weighted by molar-refractivity contribution is 5.20. The van der Waals surface area contributed by atoms with E-state index in [0.717, 1.165) is 16.3 Å². The summed E-state index contributed by atoms with van der Waals surface area (Å²) in [6.07, 6.45) is 1.47. The zero-order valence-electron chi connectivity index (χ0n) is 8.73. The minimum atomic E-state index is -0.985. The van der Waals surface area contributed by atoms with Crippen LogP contribution in [0.5, 0.6) is 0 Å². The molecule has 1 aromatic heterocycles. The van der Waals surface area contributed by atoms with Crippen molar-refractivity contribution in [3.05, 3.63) is 49.3 Å². The molecule has 1 aromatic rings. The fourth-order valence-corrected chi connectivity index (χ4v) is 1.11. The molecule has 0 saturated carbocycles. The molecule has 0 aliphatic carbocycles. The van der Waals surface area contributed by atoms with Crippen molar-refractivity contribution in [3.63, 3.8) is 0 Å². The Labute approximate surface area is 90.2 Å². The van der Waals surface area contributed by atoms with Crippen LogP contribution < -0.4 is 11.2 Å². The SMILES string of the molecule is C=C(C)CCn1cc([N+](=O)[O-])c(=O)[nH]c1=O. The van der Waals surface area contributed by atoms with E-state index in [4.69, 9.17) is 0 Å². The van der Waals surface area contributed by atoms with Gasteiger partial charge in [-0.15, -0.1) is 6.58 Å². The van der Waals surface area contributed by atoms with Gasteiger partial charge < -0.3 is 0 Å². The molecule has 0 aliphatic rings. The van der Waals surface area contributed by atoms with Gasteiger partial charge in [0.15, 0.2) is 0 Å². The number of aromatic nitrogens is 2. The van der Waals surface area contributed by atoms with E-state index in [1.807, 2.05) is 4.98 Å². The van der Waals surface area contributed by atoms with Crippen LogP contribution in [0.25, 0.3) is 0 Å². The van der Waals surface area contributed by atoms with Gasteiger partial charge in [0, 0.05) is 6.54 Å². The summed E-state index contributed by atoms with van der Waals surface area (Å²) in [6.45, 7) is 5.69. The molecule has 0 radical (unpaired) electrons. The van der Waals surface area contributed by atoms with E-state index in [9.17, 15) is 19.7 Å². The van der Waals surface area contributed by atoms with Gasteiger partial charge in [-0.2, -0.15) is 0 Å². The zero-order chi connectivity index (χ0) is 12.3. The van der Waals surface area contributed by atoms with E-state index in [1.54, 1.807) is 6.92 Å². The molecule has 0 bridgehead atoms. The Balaban J connectivity index is 3.15. The highest BCUT2D eigenvalue weighted by atomic mass is 16.6. The molecule has 0 unspecified atom stereocenters. The first-order valence-corrected chi connectivity index (χ1v) is 4.54. The van der Waals surface area contributed by atoms with Crippen LogP contribution in [-0.2, 0) is 6.54 Å². The van der Waals surface area contributed by atoms with Crippen LogP contribution in [0.2, 0.25) is 0 Å². The number of nitrogens with zero attached hydrogens (tertiary/aromatic N) is 2. The predicted octanol–water partition coefficient (Wildman–Crippen LogP) is 0.411. The number of H-pyrrole nitrogens is 1. The first-order valence-electron chi connectivity index (χ1n) is 4.54. The van der Waals surface area contributed by atoms with Crippen molar-refractivity contribution >= 4 is 5.69 Å². The smallest absolute Gasteiger partial charge is 0.293 e. The molecule has 0 spiro atoms. The monoisotopic (exact) mass is 225 g/mol. The average Bonchev–Trinajstić information content (AvgIpc) is 2.15. The first kappa shape index (κ1) is 11.9. The number of hydrogen-bond acceptors (Lipinski definition) is 4. The summed E-state index contributed by atoms with van der Waals surface area (Å²) in [5.74, 6) is 0. The predicted molar refractivity (Wildman–Crippen MR) is 57.4 cm³/mol. The molecule has 0 amide bonds. The molecule has 0 fully saturated rings. The summed E-state index contributed by atoms with van der Waals surface area (Å²) in [5.41, 5.74) is -1.43. The molecule has 0 saturated heterocycles. The van der Waals surface area contributed by atoms with Gasteiger partial charge in [-0.3, -0.25) is 24.5 Å². The Morgan fingerprint density at radius 1 is 1.62 bits per heavy atom. The van der Waals surface area contributed by atoms with Crippen LogP contribution in [0.15, 0.2) is 27.9 Å². The van der Waals surface area contributed by atoms with Crippen molar-refractivity contribution in [1.29, 1.82) is 0 Å². The molecule has 1 rings (SSSR count). The number of nitrogens with one attached hydrogen (secondary N) is 1. The Morgan fingerprint density at radius 2 is 2.25 bits per heavy atom. The second-order valence-electron chi connectivity index (χ2n) is 3.43. The van der Waals surface area contributed by atoms with E-state index in [-0.39, 0.29) is 6.54 Å². The maximum absolute atomic E-state index is 11.3. The lowest BCUT2D eigenvalue weighted by molar-refractivity contribution is -0.386. The Kier molecular flexibility index (Phi) is 3.39. The summed E-state index contributed by atoms with van der Waals surface area (Å²) in [7, 11) is 0. The first-order chi connectivity index (χ1) is 7.41. The van der Waals surface area contributed by atoms with Gasteiger partial charge in [0.1, 0.15) is 0 Å². The summed E-state index contributed by atoms with van der Waals surface area (Å²) in [4.78, 5) is 33.9. The lowest BCUT2D eigenvalue weighted by Crippen LogP contribution is -2.30. The minimum absolute atomic E-state index is 0.256. The van der Waals surface area contributed by atoms with Crippen molar-refractivity contribution in [2.45, 2.75) is 19.9 Å². The Bertz CT molecular complexity index is 540. The number of rotatable bonds is 4. The summed E-state index contributed by atoms with van der Waals surface area (Å²) >= 11 is 0. The molecule has 86 valence electrons. The van der Waals surface area contributed by atoms with Crippen LogP contribution in [0, 0.1) is 10.1 Å². The maximum Gasteiger partial charge on any atom is 0.350 e. The van der Waals surface area contributed by atoms with E-state index >= 15 is 0 Å². The summed E-state index contributed by atoms with van der Waals surface area (Å²) in [5, 5.41) is 10.5. The minimum Gasteiger partial charge on any atom is -0.293 e. The van der Waals surface area contributed by atoms with Crippen LogP contribution in [-0.4, -0.2) is 14.5 Å². The molecular formula is C9H11N3O4. The third-order valence-electron chi connectivity index (χ3n) is 1.97. The van der Waals surface area contributed by atoms with Crippen molar-refractivity contribution in [2.24, 2.45) is 0 Å². The van der Waals surface area contributed by atoms with Crippen LogP contribution in [0.4, 0.5) is 5.69 Å². The van der Waals surface area contributed by atoms with E-state index < -0.39 is 21.9 Å². The molecule has 1 N–H and O–H groups in total. The van der Waals surface area contributed by atoms with Gasteiger partial charge in [-0.05, 0) is 13.3 Å². The van der Waals surface area contributed by atoms with Gasteiger partial charge in [0.2, 0.25) is 0 Å². The second kappa shape index (κ2) is 4.56. The van der Waals surface area contributed by atoms with Crippen LogP contribution in [0.3, 0.4) is 0 Å². The van der Waals surface area contributed by atoms with Crippen molar-refractivity contribution in [1.82, 2.24) is 9.55 Å². The molecular weight excluding hydrogens is 214 g/mol. The van der Waals surface area contributed by atoms with E-state index in [2.05, 4.69) is 6.58 Å². The highest BCUT2D eigenvalue weighted by Gasteiger charge is 2.14. The summed E-state index contributed by atoms with van der Waals surface area (Å²) in [6, 6.07) is 0. The average molecular weight is 225 g/mol. The molecule has 7 nitrogen and oxygen atoms in total. The zero-order valence-corrected chi connectivity index (χ0v) is 8.73. The molecule has 0 aliphatic heterocycles. The number of aryl methyl sites for hydroxylation is 1. The molecule has 7 heteroatoms. The highest BCUT2D eigenvalue weighted by Crippen LogP contribution is 2.02. The fraction of sp³-hybridized carbons (Fsp3) is 0.333. The molecule has 16 heavy (non-hydrogen) atoms. The van der Waals surface area contributed by atoms with Gasteiger partial charge in [-0.25, -0.2) is 4.79 Å².